The second-order valence-electron chi connectivity index (χ2n) is 4.68. The van der Waals surface area contributed by atoms with Crippen LogP contribution in [0.25, 0.3) is 0 Å². The Morgan fingerprint density at radius 2 is 2.16 bits per heavy atom. The van der Waals surface area contributed by atoms with E-state index in [0.717, 1.165) is 27.2 Å². The second kappa shape index (κ2) is 5.57. The Labute approximate surface area is 125 Å². The zero-order valence-electron chi connectivity index (χ0n) is 10.4. The zero-order valence-corrected chi connectivity index (χ0v) is 12.8. The largest absolute Gasteiger partial charge is 0.303 e. The van der Waals surface area contributed by atoms with Gasteiger partial charge in [0.1, 0.15) is 0 Å². The van der Waals surface area contributed by atoms with Crippen molar-refractivity contribution in [1.29, 1.82) is 0 Å². The van der Waals surface area contributed by atoms with E-state index in [0.29, 0.717) is 6.42 Å². The molecule has 1 N–H and O–H groups in total. The van der Waals surface area contributed by atoms with Crippen molar-refractivity contribution in [2.45, 2.75) is 18.9 Å². The molecular formula is C15H14BrNOS. The highest BCUT2D eigenvalue weighted by atomic mass is 79.9. The van der Waals surface area contributed by atoms with Crippen molar-refractivity contribution >= 4 is 33.0 Å². The second-order valence-corrected chi connectivity index (χ2v) is 7.23. The zero-order chi connectivity index (χ0) is 13.2. The number of benzene rings is 1. The first-order chi connectivity index (χ1) is 9.24. The van der Waals surface area contributed by atoms with Gasteiger partial charge in [0.15, 0.2) is 5.78 Å². The van der Waals surface area contributed by atoms with Gasteiger partial charge in [-0.3, -0.25) is 4.79 Å². The van der Waals surface area contributed by atoms with Crippen LogP contribution in [0.5, 0.6) is 0 Å². The summed E-state index contributed by atoms with van der Waals surface area (Å²) in [5.74, 6) is 0.251. The smallest absolute Gasteiger partial charge is 0.159 e. The summed E-state index contributed by atoms with van der Waals surface area (Å²) >= 11 is 5.06. The molecule has 1 aromatic heterocycles. The average molecular weight is 336 g/mol. The lowest BCUT2D eigenvalue weighted by Gasteiger charge is -2.25. The highest BCUT2D eigenvalue weighted by Crippen LogP contribution is 2.27. The number of hydrogen-bond donors (Lipinski definition) is 1. The minimum absolute atomic E-state index is 0.147. The van der Waals surface area contributed by atoms with Gasteiger partial charge < -0.3 is 5.32 Å². The quantitative estimate of drug-likeness (QED) is 0.929. The first-order valence-electron chi connectivity index (χ1n) is 6.32. The first kappa shape index (κ1) is 13.0. The predicted octanol–water partition coefficient (Wildman–Crippen LogP) is 3.51. The summed E-state index contributed by atoms with van der Waals surface area (Å²) in [5.41, 5.74) is 2.45. The van der Waals surface area contributed by atoms with Gasteiger partial charge >= 0.3 is 0 Å². The molecule has 2 aromatic rings. The lowest BCUT2D eigenvalue weighted by Crippen LogP contribution is -2.35. The Hall–Kier alpha value is -0.970. The molecule has 19 heavy (non-hydrogen) atoms. The maximum Gasteiger partial charge on any atom is 0.159 e. The monoisotopic (exact) mass is 335 g/mol. The molecule has 98 valence electrons. The predicted molar refractivity (Wildman–Crippen MR) is 81.6 cm³/mol. The van der Waals surface area contributed by atoms with Gasteiger partial charge in [-0.25, -0.2) is 0 Å². The molecule has 1 aliphatic heterocycles. The van der Waals surface area contributed by atoms with E-state index in [1.807, 2.05) is 24.3 Å². The van der Waals surface area contributed by atoms with E-state index in [4.69, 9.17) is 0 Å². The van der Waals surface area contributed by atoms with Gasteiger partial charge in [0, 0.05) is 17.8 Å². The molecule has 0 fully saturated rings. The Morgan fingerprint density at radius 1 is 1.32 bits per heavy atom. The van der Waals surface area contributed by atoms with E-state index in [2.05, 4.69) is 33.4 Å². The highest BCUT2D eigenvalue weighted by molar-refractivity contribution is 9.11. The fourth-order valence-corrected chi connectivity index (χ4v) is 4.01. The number of nitrogens with one attached hydrogen (secondary N) is 1. The summed E-state index contributed by atoms with van der Waals surface area (Å²) in [7, 11) is 0. The Morgan fingerprint density at radius 3 is 2.95 bits per heavy atom. The number of carbonyl (C=O) groups excluding carboxylic acids is 1. The molecule has 0 bridgehead atoms. The lowest BCUT2D eigenvalue weighted by atomic mass is 9.91. The van der Waals surface area contributed by atoms with Gasteiger partial charge in [-0.15, -0.1) is 11.3 Å². The van der Waals surface area contributed by atoms with Crippen molar-refractivity contribution in [3.05, 3.63) is 56.2 Å². The number of carbonyl (C=O) groups is 1. The standard InChI is InChI=1S/C15H14BrNOS/c16-14-6-5-11(19-14)9-13(18)15-12-4-2-1-3-10(12)7-8-17-15/h1-6,15,17H,7-9H2. The summed E-state index contributed by atoms with van der Waals surface area (Å²) in [6.45, 7) is 0.877. The summed E-state index contributed by atoms with van der Waals surface area (Å²) in [4.78, 5) is 13.6. The molecule has 0 saturated carbocycles. The first-order valence-corrected chi connectivity index (χ1v) is 7.93. The number of fused-ring (bicyclic) bond motifs is 1. The number of hydrogen-bond acceptors (Lipinski definition) is 3. The number of halogens is 1. The molecule has 4 heteroatoms. The van der Waals surface area contributed by atoms with Gasteiger partial charge in [-0.2, -0.15) is 0 Å². The van der Waals surface area contributed by atoms with Crippen molar-refractivity contribution in [3.63, 3.8) is 0 Å². The van der Waals surface area contributed by atoms with Crippen molar-refractivity contribution in [1.82, 2.24) is 5.32 Å². The number of ketones is 1. The molecule has 1 unspecified atom stereocenters. The SMILES string of the molecule is O=C(Cc1ccc(Br)s1)C1NCCc2ccccc21. The number of rotatable bonds is 3. The van der Waals surface area contributed by atoms with Crippen LogP contribution in [-0.2, 0) is 17.6 Å². The van der Waals surface area contributed by atoms with Crippen LogP contribution in [0.15, 0.2) is 40.2 Å². The third-order valence-electron chi connectivity index (χ3n) is 3.41. The van der Waals surface area contributed by atoms with Gasteiger partial charge in [-0.1, -0.05) is 24.3 Å². The third kappa shape index (κ3) is 2.81. The normalized spacial score (nSPS) is 18.1. The Kier molecular flexibility index (Phi) is 3.82. The van der Waals surface area contributed by atoms with Crippen LogP contribution < -0.4 is 5.32 Å². The number of Topliss-reactive ketones (excluding diaryl/α,β-unsaturated/α-hetero) is 1. The fraction of sp³-hybridized carbons (Fsp3) is 0.267. The van der Waals surface area contributed by atoms with Gasteiger partial charge in [0.2, 0.25) is 0 Å². The van der Waals surface area contributed by atoms with E-state index in [1.54, 1.807) is 11.3 Å². The van der Waals surface area contributed by atoms with Crippen molar-refractivity contribution in [2.75, 3.05) is 6.54 Å². The van der Waals surface area contributed by atoms with Gasteiger partial charge in [-0.05, 0) is 45.6 Å². The summed E-state index contributed by atoms with van der Waals surface area (Å²) in [6.07, 6.45) is 1.51. The van der Waals surface area contributed by atoms with Crippen LogP contribution in [0.3, 0.4) is 0 Å². The third-order valence-corrected chi connectivity index (χ3v) is 5.03. The molecule has 0 spiro atoms. The fourth-order valence-electron chi connectivity index (χ4n) is 2.51. The topological polar surface area (TPSA) is 29.1 Å². The maximum atomic E-state index is 12.5. The molecule has 1 atom stereocenters. The average Bonchev–Trinajstić information content (AvgIpc) is 2.83. The molecular weight excluding hydrogens is 322 g/mol. The lowest BCUT2D eigenvalue weighted by molar-refractivity contribution is -0.120. The van der Waals surface area contributed by atoms with Crippen LogP contribution in [0.4, 0.5) is 0 Å². The molecule has 2 nitrogen and oxygen atoms in total. The molecule has 0 saturated heterocycles. The molecule has 1 aliphatic rings. The molecule has 2 heterocycles. The van der Waals surface area contributed by atoms with Crippen LogP contribution in [0, 0.1) is 0 Å². The Balaban J connectivity index is 1.81. The summed E-state index contributed by atoms with van der Waals surface area (Å²) in [6, 6.07) is 12.1. The number of thiophene rings is 1. The van der Waals surface area contributed by atoms with Gasteiger partial charge in [0.25, 0.3) is 0 Å². The highest BCUT2D eigenvalue weighted by Gasteiger charge is 2.25. The molecule has 0 radical (unpaired) electrons. The van der Waals surface area contributed by atoms with E-state index >= 15 is 0 Å². The minimum atomic E-state index is -0.147. The van der Waals surface area contributed by atoms with Crippen LogP contribution in [0.2, 0.25) is 0 Å². The van der Waals surface area contributed by atoms with Crippen LogP contribution >= 0.6 is 27.3 Å². The summed E-state index contributed by atoms with van der Waals surface area (Å²) < 4.78 is 1.08. The van der Waals surface area contributed by atoms with E-state index in [-0.39, 0.29) is 11.8 Å². The van der Waals surface area contributed by atoms with E-state index < -0.39 is 0 Å². The maximum absolute atomic E-state index is 12.5. The molecule has 1 aromatic carbocycles. The Bertz CT molecular complexity index is 608. The summed E-state index contributed by atoms with van der Waals surface area (Å²) in [5, 5.41) is 3.35. The molecule has 0 aliphatic carbocycles. The van der Waals surface area contributed by atoms with E-state index in [1.165, 1.54) is 5.56 Å². The van der Waals surface area contributed by atoms with E-state index in [9.17, 15) is 4.79 Å². The van der Waals surface area contributed by atoms with Gasteiger partial charge in [0.05, 0.1) is 9.83 Å². The molecule has 3 rings (SSSR count). The van der Waals surface area contributed by atoms with Crippen molar-refractivity contribution in [3.8, 4) is 0 Å². The van der Waals surface area contributed by atoms with Crippen molar-refractivity contribution in [2.24, 2.45) is 0 Å². The minimum Gasteiger partial charge on any atom is -0.303 e. The van der Waals surface area contributed by atoms with Crippen LogP contribution in [-0.4, -0.2) is 12.3 Å². The van der Waals surface area contributed by atoms with Crippen molar-refractivity contribution < 1.29 is 4.79 Å². The van der Waals surface area contributed by atoms with Crippen LogP contribution in [0.1, 0.15) is 22.0 Å². The molecule has 0 amide bonds.